The van der Waals surface area contributed by atoms with E-state index in [1.807, 2.05) is 19.1 Å². The molecule has 0 aliphatic carbocycles. The van der Waals surface area contributed by atoms with Crippen LogP contribution < -0.4 is 5.56 Å². The molecule has 0 spiro atoms. The summed E-state index contributed by atoms with van der Waals surface area (Å²) in [5.41, 5.74) is 3.97. The number of nitrogens with zero attached hydrogens (tertiary/aromatic N) is 3. The van der Waals surface area contributed by atoms with E-state index in [2.05, 4.69) is 26.7 Å². The summed E-state index contributed by atoms with van der Waals surface area (Å²) in [7, 11) is 0. The van der Waals surface area contributed by atoms with Crippen LogP contribution in [0.25, 0.3) is 32.9 Å². The van der Waals surface area contributed by atoms with E-state index < -0.39 is 0 Å². The van der Waals surface area contributed by atoms with E-state index in [-0.39, 0.29) is 17.4 Å². The second-order valence-electron chi connectivity index (χ2n) is 7.86. The lowest BCUT2D eigenvalue weighted by Crippen LogP contribution is -2.26. The minimum absolute atomic E-state index is 0.0265. The van der Waals surface area contributed by atoms with E-state index in [0.717, 1.165) is 34.0 Å². The number of aromatic nitrogens is 4. The van der Waals surface area contributed by atoms with Crippen LogP contribution >= 0.6 is 11.6 Å². The largest absolute Gasteiger partial charge is 0.338 e. The molecule has 1 unspecified atom stereocenters. The number of likely N-dealkylation sites (tertiary alicyclic amines) is 1. The number of amides is 1. The summed E-state index contributed by atoms with van der Waals surface area (Å²) in [5, 5.41) is 9.04. The number of hydrogen-bond acceptors (Lipinski definition) is 4. The van der Waals surface area contributed by atoms with Gasteiger partial charge in [-0.05, 0) is 48.7 Å². The number of aromatic amines is 2. The predicted molar refractivity (Wildman–Crippen MR) is 121 cm³/mol. The van der Waals surface area contributed by atoms with Gasteiger partial charge in [0.2, 0.25) is 5.91 Å². The van der Waals surface area contributed by atoms with Gasteiger partial charge in [0.15, 0.2) is 0 Å². The van der Waals surface area contributed by atoms with Gasteiger partial charge in [0, 0.05) is 30.0 Å². The van der Waals surface area contributed by atoms with Crippen molar-refractivity contribution in [1.29, 1.82) is 0 Å². The fourth-order valence-corrected chi connectivity index (χ4v) is 4.61. The molecule has 3 heterocycles. The minimum atomic E-state index is -0.219. The highest BCUT2D eigenvalue weighted by molar-refractivity contribution is 6.34. The molecule has 5 rings (SSSR count). The summed E-state index contributed by atoms with van der Waals surface area (Å²) in [6, 6.07) is 7.51. The SMILES string of the molecule is C=CC(=O)N1CCC(c2nc3cc(Cl)c(-c4c(C)ccc5[nH]ncc45)cc3c(=O)[nH]2)C1. The molecule has 8 heteroatoms. The number of aryl methyl sites for hydroxylation is 1. The molecule has 1 aliphatic rings. The maximum absolute atomic E-state index is 13.0. The van der Waals surface area contributed by atoms with Gasteiger partial charge in [-0.2, -0.15) is 5.10 Å². The fourth-order valence-electron chi connectivity index (χ4n) is 4.36. The molecule has 2 aromatic heterocycles. The quantitative estimate of drug-likeness (QED) is 0.478. The van der Waals surface area contributed by atoms with Gasteiger partial charge in [0.1, 0.15) is 5.82 Å². The molecule has 1 aliphatic heterocycles. The van der Waals surface area contributed by atoms with Crippen molar-refractivity contribution < 1.29 is 4.79 Å². The second-order valence-corrected chi connectivity index (χ2v) is 8.27. The third-order valence-electron chi connectivity index (χ3n) is 5.98. The lowest BCUT2D eigenvalue weighted by Gasteiger charge is -2.15. The molecule has 1 amide bonds. The first kappa shape index (κ1) is 19.5. The lowest BCUT2D eigenvalue weighted by atomic mass is 9.96. The summed E-state index contributed by atoms with van der Waals surface area (Å²) in [4.78, 5) is 34.2. The van der Waals surface area contributed by atoms with Crippen molar-refractivity contribution in [1.82, 2.24) is 25.1 Å². The number of nitrogens with one attached hydrogen (secondary N) is 2. The molecule has 7 nitrogen and oxygen atoms in total. The number of benzene rings is 2. The Morgan fingerprint density at radius 3 is 2.97 bits per heavy atom. The molecule has 0 saturated carbocycles. The average Bonchev–Trinajstić information content (AvgIpc) is 3.43. The van der Waals surface area contributed by atoms with Crippen LogP contribution in [0.15, 0.2) is 47.9 Å². The van der Waals surface area contributed by atoms with E-state index in [4.69, 9.17) is 11.6 Å². The Kier molecular flexibility index (Phi) is 4.63. The zero-order chi connectivity index (χ0) is 21.7. The number of fused-ring (bicyclic) bond motifs is 2. The number of H-pyrrole nitrogens is 2. The van der Waals surface area contributed by atoms with Crippen LogP contribution in [0.1, 0.15) is 23.7 Å². The molecular weight excluding hydrogens is 414 g/mol. The zero-order valence-electron chi connectivity index (χ0n) is 16.9. The first-order valence-electron chi connectivity index (χ1n) is 10.0. The molecule has 2 N–H and O–H groups in total. The molecule has 2 aromatic carbocycles. The molecule has 4 aromatic rings. The van der Waals surface area contributed by atoms with Crippen LogP contribution in [0.2, 0.25) is 5.02 Å². The number of carbonyl (C=O) groups excluding carboxylic acids is 1. The minimum Gasteiger partial charge on any atom is -0.338 e. The summed E-state index contributed by atoms with van der Waals surface area (Å²) in [6.45, 7) is 6.66. The monoisotopic (exact) mass is 433 g/mol. The highest BCUT2D eigenvalue weighted by Gasteiger charge is 2.28. The summed E-state index contributed by atoms with van der Waals surface area (Å²) < 4.78 is 0. The molecule has 1 fully saturated rings. The van der Waals surface area contributed by atoms with Gasteiger partial charge in [-0.3, -0.25) is 14.7 Å². The van der Waals surface area contributed by atoms with Crippen LogP contribution in [-0.2, 0) is 4.79 Å². The van der Waals surface area contributed by atoms with E-state index in [1.54, 1.807) is 23.2 Å². The number of carbonyl (C=O) groups is 1. The van der Waals surface area contributed by atoms with Crippen molar-refractivity contribution in [2.45, 2.75) is 19.3 Å². The van der Waals surface area contributed by atoms with Crippen LogP contribution in [0, 0.1) is 6.92 Å². The summed E-state index contributed by atoms with van der Waals surface area (Å²) >= 11 is 6.68. The first-order chi connectivity index (χ1) is 15.0. The van der Waals surface area contributed by atoms with Gasteiger partial charge in [0.25, 0.3) is 5.56 Å². The highest BCUT2D eigenvalue weighted by atomic mass is 35.5. The van der Waals surface area contributed by atoms with Crippen molar-refractivity contribution in [3.8, 4) is 11.1 Å². The van der Waals surface area contributed by atoms with Gasteiger partial charge in [-0.15, -0.1) is 0 Å². The average molecular weight is 434 g/mol. The number of rotatable bonds is 3. The molecule has 156 valence electrons. The van der Waals surface area contributed by atoms with E-state index in [0.29, 0.717) is 34.8 Å². The Balaban J connectivity index is 1.61. The lowest BCUT2D eigenvalue weighted by molar-refractivity contribution is -0.125. The smallest absolute Gasteiger partial charge is 0.258 e. The third kappa shape index (κ3) is 3.21. The zero-order valence-corrected chi connectivity index (χ0v) is 17.7. The molecule has 0 radical (unpaired) electrons. The van der Waals surface area contributed by atoms with Crippen molar-refractivity contribution in [2.75, 3.05) is 13.1 Å². The van der Waals surface area contributed by atoms with E-state index in [9.17, 15) is 9.59 Å². The molecular formula is C23H20ClN5O2. The van der Waals surface area contributed by atoms with Crippen LogP contribution in [0.5, 0.6) is 0 Å². The Morgan fingerprint density at radius 1 is 1.32 bits per heavy atom. The highest BCUT2D eigenvalue weighted by Crippen LogP contribution is 2.37. The van der Waals surface area contributed by atoms with Crippen LogP contribution in [-0.4, -0.2) is 44.1 Å². The number of hydrogen-bond donors (Lipinski definition) is 2. The Bertz CT molecular complexity index is 1420. The van der Waals surface area contributed by atoms with Crippen molar-refractivity contribution >= 4 is 39.3 Å². The van der Waals surface area contributed by atoms with Gasteiger partial charge < -0.3 is 9.88 Å². The van der Waals surface area contributed by atoms with Gasteiger partial charge in [-0.1, -0.05) is 24.2 Å². The fraction of sp³-hybridized carbons (Fsp3) is 0.217. The van der Waals surface area contributed by atoms with Gasteiger partial charge in [0.05, 0.1) is 27.6 Å². The van der Waals surface area contributed by atoms with E-state index in [1.165, 1.54) is 6.08 Å². The normalized spacial score (nSPS) is 16.3. The van der Waals surface area contributed by atoms with Crippen LogP contribution in [0.4, 0.5) is 0 Å². The number of halogens is 1. The molecule has 0 bridgehead atoms. The molecule has 1 saturated heterocycles. The van der Waals surface area contributed by atoms with Crippen LogP contribution in [0.3, 0.4) is 0 Å². The van der Waals surface area contributed by atoms with Gasteiger partial charge >= 0.3 is 0 Å². The summed E-state index contributed by atoms with van der Waals surface area (Å²) in [6.07, 6.45) is 3.81. The van der Waals surface area contributed by atoms with Crippen molar-refractivity contribution in [3.05, 3.63) is 69.9 Å². The Labute approximate surface area is 182 Å². The predicted octanol–water partition coefficient (Wildman–Crippen LogP) is 3.93. The van der Waals surface area contributed by atoms with E-state index >= 15 is 0 Å². The summed E-state index contributed by atoms with van der Waals surface area (Å²) in [5.74, 6) is 0.442. The topological polar surface area (TPSA) is 94.7 Å². The standard InChI is InChI=1S/C23H20ClN5O2/c1-3-20(30)29-7-6-13(11-29)22-26-19-9-17(24)14(8-15(19)23(31)27-22)21-12(2)4-5-18-16(21)10-25-28-18/h3-5,8-10,13H,1,6-7,11H2,2H3,(H,25,28)(H,26,27,31). The maximum atomic E-state index is 13.0. The third-order valence-corrected chi connectivity index (χ3v) is 6.29. The Morgan fingerprint density at radius 2 is 2.16 bits per heavy atom. The Hall–Kier alpha value is -3.45. The van der Waals surface area contributed by atoms with Crippen molar-refractivity contribution in [3.63, 3.8) is 0 Å². The van der Waals surface area contributed by atoms with Gasteiger partial charge in [-0.25, -0.2) is 4.98 Å². The first-order valence-corrected chi connectivity index (χ1v) is 10.4. The van der Waals surface area contributed by atoms with Crippen molar-refractivity contribution in [2.24, 2.45) is 0 Å². The second kappa shape index (κ2) is 7.35. The molecule has 1 atom stereocenters. The maximum Gasteiger partial charge on any atom is 0.258 e. The molecule has 31 heavy (non-hydrogen) atoms.